The summed E-state index contributed by atoms with van der Waals surface area (Å²) in [4.78, 5) is 4.20. The van der Waals surface area contributed by atoms with Crippen LogP contribution in [0.3, 0.4) is 0 Å². The molecule has 0 N–H and O–H groups in total. The average Bonchev–Trinajstić information content (AvgIpc) is 2.22. The fourth-order valence-electron chi connectivity index (χ4n) is 0.821. The Labute approximate surface area is 65.0 Å². The summed E-state index contributed by atoms with van der Waals surface area (Å²) < 4.78 is 6.17. The summed E-state index contributed by atoms with van der Waals surface area (Å²) in [6.07, 6.45) is 0.970. The van der Waals surface area contributed by atoms with Crippen LogP contribution in [0.1, 0.15) is 5.69 Å². The first-order valence-electron chi connectivity index (χ1n) is 2.64. The van der Waals surface area contributed by atoms with Crippen LogP contribution in [-0.4, -0.2) is 11.6 Å². The maximum Gasteiger partial charge on any atom is 0.198 e. The molecule has 48 valence electrons. The van der Waals surface area contributed by atoms with Gasteiger partial charge < -0.3 is 4.74 Å². The van der Waals surface area contributed by atoms with Crippen LogP contribution in [-0.2, 0) is 6.42 Å². The molecule has 0 aromatic carbocycles. The van der Waals surface area contributed by atoms with Crippen molar-refractivity contribution in [1.29, 1.82) is 0 Å². The molecule has 1 aromatic heterocycles. The molecular formula is C5H4BrNOS. The Morgan fingerprint density at radius 1 is 1.67 bits per heavy atom. The molecule has 1 aliphatic heterocycles. The first kappa shape index (κ1) is 5.68. The van der Waals surface area contributed by atoms with Gasteiger partial charge in [-0.25, -0.2) is 4.98 Å². The smallest absolute Gasteiger partial charge is 0.198 e. The van der Waals surface area contributed by atoms with Crippen molar-refractivity contribution in [2.75, 3.05) is 6.61 Å². The lowest BCUT2D eigenvalue weighted by molar-refractivity contribution is 0.365. The van der Waals surface area contributed by atoms with Crippen molar-refractivity contribution in [3.05, 3.63) is 9.61 Å². The Hall–Kier alpha value is -0.0900. The molecule has 0 amide bonds. The molecule has 0 saturated heterocycles. The van der Waals surface area contributed by atoms with Gasteiger partial charge in [0, 0.05) is 6.42 Å². The molecule has 1 aliphatic rings. The minimum atomic E-state index is 0.807. The van der Waals surface area contributed by atoms with E-state index >= 15 is 0 Å². The molecule has 2 nitrogen and oxygen atoms in total. The predicted molar refractivity (Wildman–Crippen MR) is 39.0 cm³/mol. The van der Waals surface area contributed by atoms with Crippen LogP contribution in [0.25, 0.3) is 0 Å². The van der Waals surface area contributed by atoms with Crippen LogP contribution in [0.4, 0.5) is 0 Å². The third-order valence-electron chi connectivity index (χ3n) is 1.21. The first-order valence-corrected chi connectivity index (χ1v) is 4.25. The standard InChI is InChI=1S/C5H4BrNOS/c6-5-7-3-1-2-8-4(3)9-5/h1-2H2. The molecule has 0 atom stereocenters. The molecular weight excluding hydrogens is 202 g/mol. The number of aromatic nitrogens is 1. The van der Waals surface area contributed by atoms with Crippen LogP contribution in [0.15, 0.2) is 3.92 Å². The zero-order chi connectivity index (χ0) is 6.27. The van der Waals surface area contributed by atoms with Crippen LogP contribution < -0.4 is 4.74 Å². The molecule has 0 fully saturated rings. The van der Waals surface area contributed by atoms with Gasteiger partial charge in [-0.1, -0.05) is 11.3 Å². The van der Waals surface area contributed by atoms with Gasteiger partial charge in [0.15, 0.2) is 8.98 Å². The monoisotopic (exact) mass is 205 g/mol. The maximum absolute atomic E-state index is 5.25. The van der Waals surface area contributed by atoms with Crippen molar-refractivity contribution in [3.63, 3.8) is 0 Å². The summed E-state index contributed by atoms with van der Waals surface area (Å²) in [5, 5.41) is 0.988. The van der Waals surface area contributed by atoms with Gasteiger partial charge >= 0.3 is 0 Å². The highest BCUT2D eigenvalue weighted by Gasteiger charge is 2.16. The van der Waals surface area contributed by atoms with E-state index in [9.17, 15) is 0 Å². The number of ether oxygens (including phenoxy) is 1. The van der Waals surface area contributed by atoms with Gasteiger partial charge in [-0.3, -0.25) is 0 Å². The van der Waals surface area contributed by atoms with Gasteiger partial charge in [-0.05, 0) is 15.9 Å². The minimum Gasteiger partial charge on any atom is -0.482 e. The highest BCUT2D eigenvalue weighted by Crippen LogP contribution is 2.34. The van der Waals surface area contributed by atoms with Gasteiger partial charge in [0.2, 0.25) is 0 Å². The Morgan fingerprint density at radius 2 is 2.56 bits per heavy atom. The summed E-state index contributed by atoms with van der Waals surface area (Å²) >= 11 is 4.85. The number of hydrogen-bond donors (Lipinski definition) is 0. The number of fused-ring (bicyclic) bond motifs is 1. The van der Waals surface area contributed by atoms with Gasteiger partial charge in [0.25, 0.3) is 0 Å². The quantitative estimate of drug-likeness (QED) is 0.646. The molecule has 0 saturated carbocycles. The zero-order valence-corrected chi connectivity index (χ0v) is 6.96. The lowest BCUT2D eigenvalue weighted by atomic mass is 10.4. The van der Waals surface area contributed by atoms with E-state index < -0.39 is 0 Å². The number of nitrogens with zero attached hydrogens (tertiary/aromatic N) is 1. The molecule has 0 aliphatic carbocycles. The highest BCUT2D eigenvalue weighted by molar-refractivity contribution is 9.11. The van der Waals surface area contributed by atoms with E-state index in [1.54, 1.807) is 11.3 Å². The van der Waals surface area contributed by atoms with Gasteiger partial charge in [-0.15, -0.1) is 0 Å². The summed E-state index contributed by atoms with van der Waals surface area (Å²) in [6.45, 7) is 0.807. The first-order chi connectivity index (χ1) is 4.36. The Morgan fingerprint density at radius 3 is 3.33 bits per heavy atom. The van der Waals surface area contributed by atoms with Crippen LogP contribution in [0.2, 0.25) is 0 Å². The molecule has 1 aromatic rings. The van der Waals surface area contributed by atoms with Gasteiger partial charge in [-0.2, -0.15) is 0 Å². The normalized spacial score (nSPS) is 15.2. The van der Waals surface area contributed by atoms with Crippen molar-refractivity contribution in [2.45, 2.75) is 6.42 Å². The number of thiazole rings is 1. The number of hydrogen-bond acceptors (Lipinski definition) is 3. The van der Waals surface area contributed by atoms with Crippen molar-refractivity contribution in [2.24, 2.45) is 0 Å². The topological polar surface area (TPSA) is 22.1 Å². The molecule has 9 heavy (non-hydrogen) atoms. The molecule has 0 radical (unpaired) electrons. The summed E-state index contributed by atoms with van der Waals surface area (Å²) in [5.74, 6) is 0. The van der Waals surface area contributed by atoms with E-state index in [1.165, 1.54) is 0 Å². The molecule has 2 heterocycles. The van der Waals surface area contributed by atoms with Gasteiger partial charge in [0.1, 0.15) is 0 Å². The van der Waals surface area contributed by atoms with E-state index in [0.717, 1.165) is 27.7 Å². The Kier molecular flexibility index (Phi) is 1.23. The molecule has 2 rings (SSSR count). The van der Waals surface area contributed by atoms with Crippen molar-refractivity contribution in [3.8, 4) is 5.06 Å². The largest absolute Gasteiger partial charge is 0.482 e. The van der Waals surface area contributed by atoms with Crippen LogP contribution in [0, 0.1) is 0 Å². The lowest BCUT2D eigenvalue weighted by Gasteiger charge is -1.86. The second-order valence-corrected chi connectivity index (χ2v) is 4.04. The number of rotatable bonds is 0. The highest BCUT2D eigenvalue weighted by atomic mass is 79.9. The van der Waals surface area contributed by atoms with Crippen molar-refractivity contribution >= 4 is 27.3 Å². The van der Waals surface area contributed by atoms with E-state index in [4.69, 9.17) is 4.74 Å². The average molecular weight is 206 g/mol. The second-order valence-electron chi connectivity index (χ2n) is 1.80. The molecule has 0 spiro atoms. The fourth-order valence-corrected chi connectivity index (χ4v) is 2.19. The van der Waals surface area contributed by atoms with E-state index in [1.807, 2.05) is 0 Å². The van der Waals surface area contributed by atoms with Crippen molar-refractivity contribution < 1.29 is 4.74 Å². The number of halogens is 1. The fraction of sp³-hybridized carbons (Fsp3) is 0.400. The maximum atomic E-state index is 5.25. The van der Waals surface area contributed by atoms with E-state index in [2.05, 4.69) is 20.9 Å². The molecule has 0 bridgehead atoms. The van der Waals surface area contributed by atoms with E-state index in [0.29, 0.717) is 0 Å². The molecule has 4 heteroatoms. The third-order valence-corrected chi connectivity index (χ3v) is 2.67. The zero-order valence-electron chi connectivity index (χ0n) is 4.56. The predicted octanol–water partition coefficient (Wildman–Crippen LogP) is 1.84. The summed E-state index contributed by atoms with van der Waals surface area (Å²) in [6, 6.07) is 0. The minimum absolute atomic E-state index is 0.807. The summed E-state index contributed by atoms with van der Waals surface area (Å²) in [7, 11) is 0. The third kappa shape index (κ3) is 0.861. The lowest BCUT2D eigenvalue weighted by Crippen LogP contribution is -1.87. The Bertz CT molecular complexity index is 213. The second kappa shape index (κ2) is 1.95. The Balaban J connectivity index is 2.51. The van der Waals surface area contributed by atoms with Gasteiger partial charge in [0.05, 0.1) is 12.3 Å². The van der Waals surface area contributed by atoms with Crippen molar-refractivity contribution in [1.82, 2.24) is 4.98 Å². The molecule has 0 unspecified atom stereocenters. The SMILES string of the molecule is Brc1nc2c(s1)OCC2. The van der Waals surface area contributed by atoms with E-state index in [-0.39, 0.29) is 0 Å². The van der Waals surface area contributed by atoms with Crippen LogP contribution in [0.5, 0.6) is 5.06 Å². The van der Waals surface area contributed by atoms with Crippen LogP contribution >= 0.6 is 27.3 Å². The summed E-state index contributed by atoms with van der Waals surface area (Å²) in [5.41, 5.74) is 1.10.